The van der Waals surface area contributed by atoms with Crippen LogP contribution in [-0.2, 0) is 9.05 Å². The Morgan fingerprint density at radius 1 is 0.941 bits per heavy atom. The molecular formula is C13H21ClO2S. The molecule has 17 heavy (non-hydrogen) atoms. The first-order valence-electron chi connectivity index (χ1n) is 6.93. The lowest BCUT2D eigenvalue weighted by molar-refractivity contribution is -0.0397. The fraction of sp³-hybridized carbons (Fsp3) is 1.00. The van der Waals surface area contributed by atoms with Crippen molar-refractivity contribution in [3.05, 3.63) is 0 Å². The summed E-state index contributed by atoms with van der Waals surface area (Å²) in [6.07, 6.45) is 9.02. The standard InChI is InChI=1S/C13H21ClO2S/c14-17(15,16)3-1-2-13-11-5-9-4-10(7-11)8-12(13)6-9/h9-13H,1-8H2. The zero-order valence-corrected chi connectivity index (χ0v) is 11.7. The highest BCUT2D eigenvalue weighted by atomic mass is 35.7. The molecule has 4 bridgehead atoms. The van der Waals surface area contributed by atoms with Crippen LogP contribution in [0.2, 0.25) is 0 Å². The molecule has 0 aromatic heterocycles. The highest BCUT2D eigenvalue weighted by Crippen LogP contribution is 2.57. The van der Waals surface area contributed by atoms with Gasteiger partial charge in [-0.3, -0.25) is 0 Å². The van der Waals surface area contributed by atoms with Crippen molar-refractivity contribution in [2.45, 2.75) is 44.9 Å². The Hall–Kier alpha value is 0.240. The fourth-order valence-corrected chi connectivity index (χ4v) is 5.84. The molecule has 0 aromatic carbocycles. The van der Waals surface area contributed by atoms with Crippen LogP contribution in [-0.4, -0.2) is 14.2 Å². The van der Waals surface area contributed by atoms with Gasteiger partial charge in [0.05, 0.1) is 5.75 Å². The van der Waals surface area contributed by atoms with Gasteiger partial charge in [0.25, 0.3) is 0 Å². The van der Waals surface area contributed by atoms with E-state index in [4.69, 9.17) is 10.7 Å². The third-order valence-corrected chi connectivity index (χ3v) is 6.59. The normalized spacial score (nSPS) is 44.2. The maximum atomic E-state index is 10.9. The first-order valence-corrected chi connectivity index (χ1v) is 9.41. The summed E-state index contributed by atoms with van der Waals surface area (Å²) in [5, 5.41) is 0. The smallest absolute Gasteiger partial charge is 0.212 e. The molecule has 4 aliphatic rings. The maximum absolute atomic E-state index is 10.9. The monoisotopic (exact) mass is 276 g/mol. The fourth-order valence-electron chi connectivity index (χ4n) is 5.00. The van der Waals surface area contributed by atoms with Crippen LogP contribution in [0.25, 0.3) is 0 Å². The minimum atomic E-state index is -3.28. The van der Waals surface area contributed by atoms with Gasteiger partial charge < -0.3 is 0 Å². The van der Waals surface area contributed by atoms with Crippen molar-refractivity contribution < 1.29 is 8.42 Å². The van der Waals surface area contributed by atoms with Crippen LogP contribution >= 0.6 is 10.7 Å². The average molecular weight is 277 g/mol. The van der Waals surface area contributed by atoms with Crippen molar-refractivity contribution >= 4 is 19.7 Å². The largest absolute Gasteiger partial charge is 0.232 e. The van der Waals surface area contributed by atoms with Crippen molar-refractivity contribution in [2.24, 2.45) is 29.6 Å². The third-order valence-electron chi connectivity index (χ3n) is 5.35. The Morgan fingerprint density at radius 2 is 1.47 bits per heavy atom. The molecule has 0 saturated heterocycles. The molecule has 98 valence electrons. The number of rotatable bonds is 4. The summed E-state index contributed by atoms with van der Waals surface area (Å²) in [7, 11) is 2.00. The van der Waals surface area contributed by atoms with Crippen LogP contribution < -0.4 is 0 Å². The van der Waals surface area contributed by atoms with Crippen molar-refractivity contribution in [1.82, 2.24) is 0 Å². The predicted octanol–water partition coefficient (Wildman–Crippen LogP) is 3.41. The van der Waals surface area contributed by atoms with E-state index in [9.17, 15) is 8.42 Å². The molecule has 0 spiro atoms. The van der Waals surface area contributed by atoms with Gasteiger partial charge in [-0.15, -0.1) is 0 Å². The van der Waals surface area contributed by atoms with E-state index in [1.807, 2.05) is 0 Å². The number of halogens is 1. The second-order valence-corrected chi connectivity index (χ2v) is 9.38. The lowest BCUT2D eigenvalue weighted by atomic mass is 9.51. The van der Waals surface area contributed by atoms with Gasteiger partial charge in [-0.05, 0) is 74.5 Å². The second-order valence-electron chi connectivity index (χ2n) is 6.48. The summed E-state index contributed by atoms with van der Waals surface area (Å²) in [6, 6.07) is 0. The highest BCUT2D eigenvalue weighted by molar-refractivity contribution is 8.13. The highest BCUT2D eigenvalue weighted by Gasteiger charge is 2.47. The first kappa shape index (κ1) is 12.3. The molecule has 0 atom stereocenters. The minimum Gasteiger partial charge on any atom is -0.212 e. The second kappa shape index (κ2) is 4.41. The Bertz CT molecular complexity index is 362. The molecule has 0 aromatic rings. The lowest BCUT2D eigenvalue weighted by Gasteiger charge is -2.54. The Labute approximate surface area is 109 Å². The average Bonchev–Trinajstić information content (AvgIpc) is 2.19. The van der Waals surface area contributed by atoms with E-state index >= 15 is 0 Å². The molecule has 4 aliphatic carbocycles. The van der Waals surface area contributed by atoms with Crippen molar-refractivity contribution in [3.63, 3.8) is 0 Å². The van der Waals surface area contributed by atoms with E-state index in [-0.39, 0.29) is 5.75 Å². The summed E-state index contributed by atoms with van der Waals surface area (Å²) >= 11 is 0. The zero-order chi connectivity index (χ0) is 12.0. The molecule has 0 amide bonds. The molecule has 4 fully saturated rings. The summed E-state index contributed by atoms with van der Waals surface area (Å²) in [5.74, 6) is 4.79. The Balaban J connectivity index is 1.57. The zero-order valence-electron chi connectivity index (χ0n) is 10.1. The van der Waals surface area contributed by atoms with Gasteiger partial charge in [-0.1, -0.05) is 0 Å². The predicted molar refractivity (Wildman–Crippen MR) is 69.4 cm³/mol. The minimum absolute atomic E-state index is 0.164. The molecule has 0 heterocycles. The van der Waals surface area contributed by atoms with Crippen LogP contribution in [0.3, 0.4) is 0 Å². The van der Waals surface area contributed by atoms with Crippen molar-refractivity contribution in [3.8, 4) is 0 Å². The van der Waals surface area contributed by atoms with Crippen LogP contribution in [0.5, 0.6) is 0 Å². The van der Waals surface area contributed by atoms with Gasteiger partial charge in [0, 0.05) is 10.7 Å². The summed E-state index contributed by atoms with van der Waals surface area (Å²) in [5.41, 5.74) is 0. The maximum Gasteiger partial charge on any atom is 0.232 e. The van der Waals surface area contributed by atoms with E-state index < -0.39 is 9.05 Å². The summed E-state index contributed by atoms with van der Waals surface area (Å²) in [6.45, 7) is 0. The summed E-state index contributed by atoms with van der Waals surface area (Å²) < 4.78 is 21.9. The van der Waals surface area contributed by atoms with Crippen LogP contribution in [0.15, 0.2) is 0 Å². The number of hydrogen-bond acceptors (Lipinski definition) is 2. The molecular weight excluding hydrogens is 256 g/mol. The summed E-state index contributed by atoms with van der Waals surface area (Å²) in [4.78, 5) is 0. The molecule has 2 nitrogen and oxygen atoms in total. The van der Waals surface area contributed by atoms with Crippen LogP contribution in [0.1, 0.15) is 44.9 Å². The van der Waals surface area contributed by atoms with Gasteiger partial charge in [0.2, 0.25) is 9.05 Å². The van der Waals surface area contributed by atoms with E-state index in [0.29, 0.717) is 0 Å². The van der Waals surface area contributed by atoms with Crippen LogP contribution in [0, 0.1) is 29.6 Å². The van der Waals surface area contributed by atoms with Crippen molar-refractivity contribution in [1.29, 1.82) is 0 Å². The molecule has 0 unspecified atom stereocenters. The number of hydrogen-bond donors (Lipinski definition) is 0. The Kier molecular flexibility index (Phi) is 3.19. The van der Waals surface area contributed by atoms with E-state index in [1.54, 1.807) is 0 Å². The molecule has 4 rings (SSSR count). The van der Waals surface area contributed by atoms with Crippen molar-refractivity contribution in [2.75, 3.05) is 5.75 Å². The van der Waals surface area contributed by atoms with Gasteiger partial charge in [0.15, 0.2) is 0 Å². The Morgan fingerprint density at radius 3 is 1.94 bits per heavy atom. The molecule has 4 saturated carbocycles. The van der Waals surface area contributed by atoms with Gasteiger partial charge in [-0.2, -0.15) is 0 Å². The molecule has 4 heteroatoms. The van der Waals surface area contributed by atoms with Gasteiger partial charge in [-0.25, -0.2) is 8.42 Å². The quantitative estimate of drug-likeness (QED) is 0.738. The molecule has 0 N–H and O–H groups in total. The van der Waals surface area contributed by atoms with E-state index in [1.165, 1.54) is 32.1 Å². The molecule has 0 radical (unpaired) electrons. The molecule has 0 aliphatic heterocycles. The first-order chi connectivity index (χ1) is 8.01. The van der Waals surface area contributed by atoms with E-state index in [0.717, 1.165) is 42.4 Å². The third kappa shape index (κ3) is 2.65. The SMILES string of the molecule is O=S(=O)(Cl)CCCC1C2CC3CC(C2)CC1C3. The van der Waals surface area contributed by atoms with Gasteiger partial charge >= 0.3 is 0 Å². The van der Waals surface area contributed by atoms with Gasteiger partial charge in [0.1, 0.15) is 0 Å². The topological polar surface area (TPSA) is 34.1 Å². The lowest BCUT2D eigenvalue weighted by Crippen LogP contribution is -2.45. The van der Waals surface area contributed by atoms with Crippen LogP contribution in [0.4, 0.5) is 0 Å². The van der Waals surface area contributed by atoms with E-state index in [2.05, 4.69) is 0 Å².